The largest absolute Gasteiger partial charge is 0.390 e. The second-order valence-corrected chi connectivity index (χ2v) is 7.16. The Labute approximate surface area is 146 Å². The summed E-state index contributed by atoms with van der Waals surface area (Å²) in [6, 6.07) is 10.2. The Hall–Kier alpha value is -1.39. The number of aliphatic hydroxyl groups excluding tert-OH is 1. The van der Waals surface area contributed by atoms with Gasteiger partial charge in [-0.25, -0.2) is 0 Å². The molecule has 0 saturated carbocycles. The van der Waals surface area contributed by atoms with E-state index in [0.29, 0.717) is 19.5 Å². The van der Waals surface area contributed by atoms with Crippen molar-refractivity contribution in [1.29, 1.82) is 0 Å². The topological polar surface area (TPSA) is 52.6 Å². The minimum atomic E-state index is -0.487. The average Bonchev–Trinajstić information content (AvgIpc) is 2.60. The van der Waals surface area contributed by atoms with Crippen LogP contribution in [0.25, 0.3) is 0 Å². The van der Waals surface area contributed by atoms with Crippen LogP contribution in [0.2, 0.25) is 0 Å². The van der Waals surface area contributed by atoms with Gasteiger partial charge in [-0.3, -0.25) is 4.79 Å². The predicted octanol–water partition coefficient (Wildman–Crippen LogP) is 2.78. The molecule has 2 atom stereocenters. The number of hydrogen-bond acceptors (Lipinski definition) is 3. The van der Waals surface area contributed by atoms with E-state index in [1.54, 1.807) is 0 Å². The fourth-order valence-corrected chi connectivity index (χ4v) is 3.36. The number of nitrogens with zero attached hydrogens (tertiary/aromatic N) is 1. The van der Waals surface area contributed by atoms with Crippen LogP contribution in [-0.4, -0.2) is 48.2 Å². The van der Waals surface area contributed by atoms with Gasteiger partial charge in [-0.15, -0.1) is 0 Å². The Bertz CT molecular complexity index is 484. The van der Waals surface area contributed by atoms with Crippen LogP contribution in [0.15, 0.2) is 30.3 Å². The van der Waals surface area contributed by atoms with Crippen LogP contribution >= 0.6 is 0 Å². The van der Waals surface area contributed by atoms with Gasteiger partial charge >= 0.3 is 0 Å². The first-order chi connectivity index (χ1) is 11.6. The molecule has 1 aliphatic heterocycles. The zero-order valence-corrected chi connectivity index (χ0v) is 15.1. The quantitative estimate of drug-likeness (QED) is 0.770. The molecule has 134 valence electrons. The summed E-state index contributed by atoms with van der Waals surface area (Å²) in [5.74, 6) is 1.06. The maximum atomic E-state index is 12.2. The van der Waals surface area contributed by atoms with E-state index in [1.165, 1.54) is 18.4 Å². The minimum Gasteiger partial charge on any atom is -0.390 e. The number of hydrogen-bond donors (Lipinski definition) is 2. The fourth-order valence-electron chi connectivity index (χ4n) is 3.36. The normalized spacial score (nSPS) is 19.0. The molecule has 2 N–H and O–H groups in total. The summed E-state index contributed by atoms with van der Waals surface area (Å²) in [5.41, 5.74) is 1.21. The molecule has 2 unspecified atom stereocenters. The first kappa shape index (κ1) is 18.9. The minimum absolute atomic E-state index is 0.0250. The summed E-state index contributed by atoms with van der Waals surface area (Å²) in [5, 5.41) is 13.1. The number of rotatable bonds is 8. The Balaban J connectivity index is 1.70. The van der Waals surface area contributed by atoms with Crippen LogP contribution < -0.4 is 5.32 Å². The molecule has 1 aromatic rings. The number of likely N-dealkylation sites (tertiary alicyclic amines) is 1. The second kappa shape index (κ2) is 9.80. The third-order valence-corrected chi connectivity index (χ3v) is 5.08. The van der Waals surface area contributed by atoms with E-state index in [-0.39, 0.29) is 11.8 Å². The molecular weight excluding hydrogens is 300 g/mol. The van der Waals surface area contributed by atoms with Crippen molar-refractivity contribution in [1.82, 2.24) is 10.2 Å². The van der Waals surface area contributed by atoms with E-state index in [0.717, 1.165) is 25.4 Å². The molecule has 4 heteroatoms. The van der Waals surface area contributed by atoms with Gasteiger partial charge < -0.3 is 15.3 Å². The van der Waals surface area contributed by atoms with Crippen molar-refractivity contribution in [3.8, 4) is 0 Å². The van der Waals surface area contributed by atoms with Crippen molar-refractivity contribution in [3.63, 3.8) is 0 Å². The summed E-state index contributed by atoms with van der Waals surface area (Å²) in [6.07, 6.45) is 3.34. The molecule has 0 bridgehead atoms. The Morgan fingerprint density at radius 1 is 1.29 bits per heavy atom. The fraction of sp³-hybridized carbons (Fsp3) is 0.650. The smallest absolute Gasteiger partial charge is 0.220 e. The average molecular weight is 332 g/mol. The molecule has 1 aliphatic rings. The highest BCUT2D eigenvalue weighted by atomic mass is 16.3. The van der Waals surface area contributed by atoms with E-state index >= 15 is 0 Å². The van der Waals surface area contributed by atoms with Crippen molar-refractivity contribution in [2.45, 2.75) is 51.6 Å². The maximum absolute atomic E-state index is 12.2. The molecule has 1 heterocycles. The third-order valence-electron chi connectivity index (χ3n) is 5.08. The number of aliphatic hydroxyl groups is 1. The van der Waals surface area contributed by atoms with Crippen LogP contribution in [-0.2, 0) is 4.79 Å². The SMILES string of the molecule is CCC(CC(=O)NCC(O)CN1CCC(C)CC1)c1ccccc1. The molecule has 1 amide bonds. The number of nitrogens with one attached hydrogen (secondary N) is 1. The van der Waals surface area contributed by atoms with Gasteiger partial charge in [0.05, 0.1) is 6.10 Å². The van der Waals surface area contributed by atoms with Crippen molar-refractivity contribution < 1.29 is 9.90 Å². The van der Waals surface area contributed by atoms with Crippen molar-refractivity contribution in [3.05, 3.63) is 35.9 Å². The zero-order chi connectivity index (χ0) is 17.4. The summed E-state index contributed by atoms with van der Waals surface area (Å²) in [4.78, 5) is 14.5. The van der Waals surface area contributed by atoms with Crippen LogP contribution in [0.1, 0.15) is 51.0 Å². The molecule has 0 spiro atoms. The van der Waals surface area contributed by atoms with Crippen molar-refractivity contribution in [2.24, 2.45) is 5.92 Å². The number of piperidine rings is 1. The van der Waals surface area contributed by atoms with Crippen LogP contribution in [0.3, 0.4) is 0 Å². The third kappa shape index (κ3) is 6.25. The zero-order valence-electron chi connectivity index (χ0n) is 15.1. The molecule has 2 rings (SSSR count). The van der Waals surface area contributed by atoms with E-state index in [9.17, 15) is 9.90 Å². The Morgan fingerprint density at radius 2 is 1.96 bits per heavy atom. The summed E-state index contributed by atoms with van der Waals surface area (Å²) in [6.45, 7) is 7.50. The summed E-state index contributed by atoms with van der Waals surface area (Å²) < 4.78 is 0. The van der Waals surface area contributed by atoms with Crippen molar-refractivity contribution >= 4 is 5.91 Å². The number of β-amino-alcohol motifs (C(OH)–C–C–N with tert-alkyl or cyclic N) is 1. The van der Waals surface area contributed by atoms with Gasteiger partial charge in [0.15, 0.2) is 0 Å². The Kier molecular flexibility index (Phi) is 7.73. The number of carbonyl (C=O) groups is 1. The highest BCUT2D eigenvalue weighted by Crippen LogP contribution is 2.22. The maximum Gasteiger partial charge on any atom is 0.220 e. The van der Waals surface area contributed by atoms with E-state index in [4.69, 9.17) is 0 Å². The molecule has 0 aromatic heterocycles. The lowest BCUT2D eigenvalue weighted by atomic mass is 9.93. The Morgan fingerprint density at radius 3 is 2.58 bits per heavy atom. The van der Waals surface area contributed by atoms with Gasteiger partial charge in [-0.05, 0) is 49.8 Å². The summed E-state index contributed by atoms with van der Waals surface area (Å²) in [7, 11) is 0. The van der Waals surface area contributed by atoms with Gasteiger partial charge in [0, 0.05) is 19.5 Å². The molecule has 0 aliphatic carbocycles. The first-order valence-corrected chi connectivity index (χ1v) is 9.30. The van der Waals surface area contributed by atoms with E-state index in [2.05, 4.69) is 36.2 Å². The van der Waals surface area contributed by atoms with E-state index < -0.39 is 6.10 Å². The highest BCUT2D eigenvalue weighted by Gasteiger charge is 2.19. The van der Waals surface area contributed by atoms with E-state index in [1.807, 2.05) is 18.2 Å². The predicted molar refractivity (Wildman–Crippen MR) is 97.9 cm³/mol. The number of carbonyl (C=O) groups excluding carboxylic acids is 1. The van der Waals surface area contributed by atoms with Crippen LogP contribution in [0.4, 0.5) is 0 Å². The van der Waals surface area contributed by atoms with Gasteiger partial charge in [0.25, 0.3) is 0 Å². The van der Waals surface area contributed by atoms with Gasteiger partial charge in [0.1, 0.15) is 0 Å². The molecule has 1 fully saturated rings. The monoisotopic (exact) mass is 332 g/mol. The summed E-state index contributed by atoms with van der Waals surface area (Å²) >= 11 is 0. The van der Waals surface area contributed by atoms with Crippen LogP contribution in [0, 0.1) is 5.92 Å². The molecule has 24 heavy (non-hydrogen) atoms. The highest BCUT2D eigenvalue weighted by molar-refractivity contribution is 5.76. The lowest BCUT2D eigenvalue weighted by molar-refractivity contribution is -0.122. The molecule has 4 nitrogen and oxygen atoms in total. The van der Waals surface area contributed by atoms with Gasteiger partial charge in [-0.2, -0.15) is 0 Å². The lowest BCUT2D eigenvalue weighted by Gasteiger charge is -2.31. The number of benzene rings is 1. The van der Waals surface area contributed by atoms with Crippen LogP contribution in [0.5, 0.6) is 0 Å². The molecule has 1 saturated heterocycles. The molecule has 1 aromatic carbocycles. The van der Waals surface area contributed by atoms with Crippen molar-refractivity contribution in [2.75, 3.05) is 26.2 Å². The standard InChI is InChI=1S/C20H32N2O2/c1-3-17(18-7-5-4-6-8-18)13-20(24)21-14-19(23)15-22-11-9-16(2)10-12-22/h4-8,16-17,19,23H,3,9-15H2,1-2H3,(H,21,24). The molecule has 0 radical (unpaired) electrons. The molecular formula is C20H32N2O2. The number of amides is 1. The lowest BCUT2D eigenvalue weighted by Crippen LogP contribution is -2.43. The van der Waals surface area contributed by atoms with Gasteiger partial charge in [-0.1, -0.05) is 44.2 Å². The van der Waals surface area contributed by atoms with Gasteiger partial charge in [0.2, 0.25) is 5.91 Å². The first-order valence-electron chi connectivity index (χ1n) is 9.30. The second-order valence-electron chi connectivity index (χ2n) is 7.16.